The van der Waals surface area contributed by atoms with E-state index in [1.165, 1.54) is 0 Å². The fourth-order valence-corrected chi connectivity index (χ4v) is 4.93. The smallest absolute Gasteiger partial charge is 0.257 e. The number of carbonyl (C=O) groups excluding carboxylic acids is 1. The molecule has 6 rings (SSSR count). The average Bonchev–Trinajstić information content (AvgIpc) is 3.25. The molecular formula is C25H27N7O2. The van der Waals surface area contributed by atoms with E-state index in [9.17, 15) is 4.79 Å². The van der Waals surface area contributed by atoms with E-state index in [4.69, 9.17) is 9.72 Å². The molecule has 0 bridgehead atoms. The quantitative estimate of drug-likeness (QED) is 0.618. The number of likely N-dealkylation sites (N-methyl/N-ethyl adjacent to an activating group) is 1. The van der Waals surface area contributed by atoms with Gasteiger partial charge in [0.25, 0.3) is 5.91 Å². The van der Waals surface area contributed by atoms with Gasteiger partial charge >= 0.3 is 0 Å². The SMILES string of the molecule is COc1cc(N2CCN(C)CC2)ccc1Nc1ncc2c(n1)N1CCc3cccc(c31)C(=O)N2. The number of nitrogens with zero attached hydrogens (tertiary/aromatic N) is 5. The predicted octanol–water partition coefficient (Wildman–Crippen LogP) is 3.24. The maximum Gasteiger partial charge on any atom is 0.257 e. The average molecular weight is 458 g/mol. The molecule has 0 aliphatic carbocycles. The number of hydrogen-bond acceptors (Lipinski definition) is 8. The molecular weight excluding hydrogens is 430 g/mol. The summed E-state index contributed by atoms with van der Waals surface area (Å²) in [5, 5.41) is 6.28. The van der Waals surface area contributed by atoms with Crippen LogP contribution >= 0.6 is 0 Å². The number of ether oxygens (including phenoxy) is 1. The van der Waals surface area contributed by atoms with Gasteiger partial charge < -0.3 is 30.1 Å². The second-order valence-corrected chi connectivity index (χ2v) is 8.90. The third-order valence-corrected chi connectivity index (χ3v) is 6.81. The predicted molar refractivity (Wildman–Crippen MR) is 133 cm³/mol. The van der Waals surface area contributed by atoms with Crippen molar-refractivity contribution in [3.8, 4) is 5.75 Å². The Bertz CT molecular complexity index is 1270. The summed E-state index contributed by atoms with van der Waals surface area (Å²) in [6.45, 7) is 4.84. The van der Waals surface area contributed by atoms with Crippen LogP contribution in [0.4, 0.5) is 34.5 Å². The summed E-state index contributed by atoms with van der Waals surface area (Å²) in [5.74, 6) is 1.75. The molecule has 0 spiro atoms. The van der Waals surface area contributed by atoms with Crippen molar-refractivity contribution in [2.24, 2.45) is 0 Å². The van der Waals surface area contributed by atoms with Crippen molar-refractivity contribution in [2.45, 2.75) is 6.42 Å². The van der Waals surface area contributed by atoms with Crippen molar-refractivity contribution in [2.75, 3.05) is 67.3 Å². The Kier molecular flexibility index (Phi) is 4.99. The number of aromatic nitrogens is 2. The third kappa shape index (κ3) is 3.49. The zero-order valence-electron chi connectivity index (χ0n) is 19.3. The van der Waals surface area contributed by atoms with Crippen LogP contribution in [0.5, 0.6) is 5.75 Å². The van der Waals surface area contributed by atoms with Gasteiger partial charge in [0.05, 0.1) is 30.2 Å². The number of para-hydroxylation sites is 1. The van der Waals surface area contributed by atoms with Crippen molar-refractivity contribution in [3.63, 3.8) is 0 Å². The highest BCUT2D eigenvalue weighted by Crippen LogP contribution is 2.42. The zero-order chi connectivity index (χ0) is 23.2. The van der Waals surface area contributed by atoms with Gasteiger partial charge in [-0.05, 0) is 37.2 Å². The van der Waals surface area contributed by atoms with Gasteiger partial charge in [-0.2, -0.15) is 4.98 Å². The first kappa shape index (κ1) is 20.7. The number of carbonyl (C=O) groups is 1. The van der Waals surface area contributed by atoms with Crippen LogP contribution in [-0.4, -0.2) is 67.7 Å². The monoisotopic (exact) mass is 457 g/mol. The number of benzene rings is 2. The van der Waals surface area contributed by atoms with E-state index in [1.54, 1.807) is 13.3 Å². The van der Waals surface area contributed by atoms with Crippen LogP contribution in [0.15, 0.2) is 42.6 Å². The van der Waals surface area contributed by atoms with Gasteiger partial charge in [-0.3, -0.25) is 4.79 Å². The highest BCUT2D eigenvalue weighted by atomic mass is 16.5. The Balaban J connectivity index is 1.30. The molecule has 3 aliphatic heterocycles. The number of piperazine rings is 1. The summed E-state index contributed by atoms with van der Waals surface area (Å²) >= 11 is 0. The molecule has 3 aromatic rings. The summed E-state index contributed by atoms with van der Waals surface area (Å²) in [7, 11) is 3.82. The Hall–Kier alpha value is -3.85. The number of hydrogen-bond donors (Lipinski definition) is 2. The molecule has 9 heteroatoms. The number of anilines is 6. The molecule has 4 heterocycles. The lowest BCUT2D eigenvalue weighted by Crippen LogP contribution is -2.44. The van der Waals surface area contributed by atoms with E-state index >= 15 is 0 Å². The second kappa shape index (κ2) is 8.18. The Morgan fingerprint density at radius 1 is 1.09 bits per heavy atom. The van der Waals surface area contributed by atoms with Gasteiger partial charge in [-0.15, -0.1) is 0 Å². The van der Waals surface area contributed by atoms with Gasteiger partial charge in [-0.25, -0.2) is 4.98 Å². The number of rotatable bonds is 4. The summed E-state index contributed by atoms with van der Waals surface area (Å²) in [6.07, 6.45) is 2.54. The molecule has 1 fully saturated rings. The molecule has 0 radical (unpaired) electrons. The number of nitrogens with one attached hydrogen (secondary N) is 2. The topological polar surface area (TPSA) is 85.9 Å². The largest absolute Gasteiger partial charge is 0.494 e. The maximum absolute atomic E-state index is 12.8. The molecule has 0 saturated carbocycles. The summed E-state index contributed by atoms with van der Waals surface area (Å²) < 4.78 is 5.69. The van der Waals surface area contributed by atoms with Gasteiger partial charge in [0, 0.05) is 44.5 Å². The van der Waals surface area contributed by atoms with Crippen LogP contribution in [0.3, 0.4) is 0 Å². The van der Waals surface area contributed by atoms with Crippen molar-refractivity contribution in [1.82, 2.24) is 14.9 Å². The second-order valence-electron chi connectivity index (χ2n) is 8.90. The van der Waals surface area contributed by atoms with Crippen LogP contribution in [0.25, 0.3) is 0 Å². The van der Waals surface area contributed by atoms with Gasteiger partial charge in [0.2, 0.25) is 5.95 Å². The number of methoxy groups -OCH3 is 1. The van der Waals surface area contributed by atoms with Crippen LogP contribution in [0, 0.1) is 0 Å². The van der Waals surface area contributed by atoms with E-state index in [-0.39, 0.29) is 5.91 Å². The van der Waals surface area contributed by atoms with Crippen LogP contribution in [0.2, 0.25) is 0 Å². The minimum atomic E-state index is -0.132. The molecule has 174 valence electrons. The molecule has 34 heavy (non-hydrogen) atoms. The first-order valence-corrected chi connectivity index (χ1v) is 11.6. The summed E-state index contributed by atoms with van der Waals surface area (Å²) in [5.41, 5.74) is 5.32. The minimum absolute atomic E-state index is 0.132. The number of fused-ring (bicyclic) bond motifs is 2. The normalized spacial score (nSPS) is 17.1. The number of amides is 1. The Morgan fingerprint density at radius 2 is 1.94 bits per heavy atom. The van der Waals surface area contributed by atoms with Crippen molar-refractivity contribution >= 4 is 40.4 Å². The van der Waals surface area contributed by atoms with Gasteiger partial charge in [0.15, 0.2) is 5.82 Å². The summed E-state index contributed by atoms with van der Waals surface area (Å²) in [4.78, 5) is 28.9. The van der Waals surface area contributed by atoms with Crippen LogP contribution in [0.1, 0.15) is 15.9 Å². The minimum Gasteiger partial charge on any atom is -0.494 e. The standard InChI is InChI=1S/C25H27N7O2/c1-30-10-12-31(13-11-30)17-6-7-19(21(14-17)34-2)28-25-26-15-20-23(29-25)32-9-8-16-4-3-5-18(22(16)32)24(33)27-20/h3-7,14-15H,8-13H2,1-2H3,(H,27,33)(H,26,28,29). The third-order valence-electron chi connectivity index (χ3n) is 6.81. The van der Waals surface area contributed by atoms with Crippen molar-refractivity contribution in [3.05, 3.63) is 53.7 Å². The molecule has 3 aliphatic rings. The fraction of sp³-hybridized carbons (Fsp3) is 0.320. The molecule has 2 N–H and O–H groups in total. The first-order valence-electron chi connectivity index (χ1n) is 11.6. The Morgan fingerprint density at radius 3 is 2.76 bits per heavy atom. The van der Waals surface area contributed by atoms with Crippen molar-refractivity contribution < 1.29 is 9.53 Å². The summed E-state index contributed by atoms with van der Waals surface area (Å²) in [6, 6.07) is 12.0. The molecule has 1 saturated heterocycles. The highest BCUT2D eigenvalue weighted by Gasteiger charge is 2.32. The highest BCUT2D eigenvalue weighted by molar-refractivity contribution is 6.12. The van der Waals surface area contributed by atoms with Crippen LogP contribution < -0.4 is 25.2 Å². The molecule has 0 unspecified atom stereocenters. The molecule has 9 nitrogen and oxygen atoms in total. The molecule has 1 amide bonds. The van der Waals surface area contributed by atoms with E-state index in [2.05, 4.69) is 55.6 Å². The Labute approximate surface area is 198 Å². The zero-order valence-corrected chi connectivity index (χ0v) is 19.3. The lowest BCUT2D eigenvalue weighted by molar-refractivity contribution is 0.102. The molecule has 1 aromatic heterocycles. The lowest BCUT2D eigenvalue weighted by Gasteiger charge is -2.34. The lowest BCUT2D eigenvalue weighted by atomic mass is 10.1. The van der Waals surface area contributed by atoms with E-state index in [0.29, 0.717) is 23.0 Å². The van der Waals surface area contributed by atoms with Gasteiger partial charge in [-0.1, -0.05) is 12.1 Å². The van der Waals surface area contributed by atoms with Crippen molar-refractivity contribution in [1.29, 1.82) is 0 Å². The van der Waals surface area contributed by atoms with Gasteiger partial charge in [0.1, 0.15) is 11.4 Å². The first-order chi connectivity index (χ1) is 16.6. The fourth-order valence-electron chi connectivity index (χ4n) is 4.93. The van der Waals surface area contributed by atoms with Crippen LogP contribution in [-0.2, 0) is 6.42 Å². The molecule has 2 aromatic carbocycles. The van der Waals surface area contributed by atoms with E-state index in [1.807, 2.05) is 18.2 Å². The van der Waals surface area contributed by atoms with E-state index < -0.39 is 0 Å². The van der Waals surface area contributed by atoms with E-state index in [0.717, 1.165) is 67.5 Å². The molecule has 0 atom stereocenters. The maximum atomic E-state index is 12.8.